The number of alkyl halides is 1. The zero-order chi connectivity index (χ0) is 11.0. The number of nitrogens with zero attached hydrogens (tertiary/aromatic N) is 1. The maximum absolute atomic E-state index is 11.3. The van der Waals surface area contributed by atoms with E-state index in [2.05, 4.69) is 21.2 Å². The number of oxazole rings is 1. The van der Waals surface area contributed by atoms with Crippen LogP contribution in [0.25, 0.3) is 11.1 Å². The Morgan fingerprint density at radius 3 is 2.93 bits per heavy atom. The summed E-state index contributed by atoms with van der Waals surface area (Å²) in [6.07, 6.45) is 0. The fourth-order valence-corrected chi connectivity index (χ4v) is 1.75. The van der Waals surface area contributed by atoms with Crippen LogP contribution in [-0.2, 0) is 7.05 Å². The first kappa shape index (κ1) is 10.4. The molecule has 1 aromatic heterocycles. The minimum atomic E-state index is -0.335. The van der Waals surface area contributed by atoms with Gasteiger partial charge in [-0.15, -0.1) is 0 Å². The third-order valence-corrected chi connectivity index (χ3v) is 3.35. The van der Waals surface area contributed by atoms with Crippen molar-refractivity contribution in [1.82, 2.24) is 9.88 Å². The van der Waals surface area contributed by atoms with Gasteiger partial charge in [-0.3, -0.25) is 4.57 Å². The van der Waals surface area contributed by atoms with Crippen molar-refractivity contribution >= 4 is 27.0 Å². The fourth-order valence-electron chi connectivity index (χ4n) is 1.47. The van der Waals surface area contributed by atoms with Crippen molar-refractivity contribution in [3.63, 3.8) is 0 Å². The minimum absolute atomic E-state index is 0.0758. The van der Waals surface area contributed by atoms with Crippen LogP contribution in [0.5, 0.6) is 0 Å². The molecule has 15 heavy (non-hydrogen) atoms. The molecule has 0 aliphatic heterocycles. The Hall–Kier alpha value is -1.07. The number of hydrogen-bond acceptors (Lipinski definition) is 3. The lowest BCUT2D eigenvalue weighted by Crippen LogP contribution is -2.10. The Kier molecular flexibility index (Phi) is 2.67. The third-order valence-electron chi connectivity index (χ3n) is 2.36. The fraction of sp³-hybridized carbons (Fsp3) is 0.300. The summed E-state index contributed by atoms with van der Waals surface area (Å²) in [5.74, 6) is -0.335. The van der Waals surface area contributed by atoms with Crippen molar-refractivity contribution < 1.29 is 4.42 Å². The Labute approximate surface area is 95.0 Å². The summed E-state index contributed by atoms with van der Waals surface area (Å²) < 4.78 is 6.53. The summed E-state index contributed by atoms with van der Waals surface area (Å²) in [7, 11) is 3.55. The number of fused-ring (bicyclic) bond motifs is 1. The van der Waals surface area contributed by atoms with E-state index in [1.807, 2.05) is 19.2 Å². The van der Waals surface area contributed by atoms with Gasteiger partial charge in [-0.2, -0.15) is 0 Å². The standard InChI is InChI=1S/C10H11BrN2O2/c1-12-9(11)6-3-4-8-7(5-6)13(2)10(14)15-8/h3-5,9,12H,1-2H3. The SMILES string of the molecule is CNC(Br)c1ccc2oc(=O)n(C)c2c1. The molecule has 1 unspecified atom stereocenters. The van der Waals surface area contributed by atoms with Gasteiger partial charge < -0.3 is 9.73 Å². The number of aromatic nitrogens is 1. The highest BCUT2D eigenvalue weighted by Crippen LogP contribution is 2.22. The number of aryl methyl sites for hydroxylation is 1. The molecule has 0 aliphatic rings. The van der Waals surface area contributed by atoms with Crippen molar-refractivity contribution in [2.45, 2.75) is 4.95 Å². The second-order valence-corrected chi connectivity index (χ2v) is 4.22. The molecule has 0 spiro atoms. The second-order valence-electron chi connectivity index (χ2n) is 3.31. The van der Waals surface area contributed by atoms with Crippen LogP contribution in [0, 0.1) is 0 Å². The second kappa shape index (κ2) is 3.83. The lowest BCUT2D eigenvalue weighted by atomic mass is 10.2. The molecule has 5 heteroatoms. The first-order chi connectivity index (χ1) is 7.13. The molecule has 1 N–H and O–H groups in total. The summed E-state index contributed by atoms with van der Waals surface area (Å²) in [5.41, 5.74) is 2.47. The molecule has 0 radical (unpaired) electrons. The zero-order valence-electron chi connectivity index (χ0n) is 8.45. The topological polar surface area (TPSA) is 47.2 Å². The number of benzene rings is 1. The van der Waals surface area contributed by atoms with Crippen LogP contribution in [0.1, 0.15) is 10.5 Å². The smallest absolute Gasteiger partial charge is 0.408 e. The lowest BCUT2D eigenvalue weighted by Gasteiger charge is -2.08. The van der Waals surface area contributed by atoms with Gasteiger partial charge in [-0.1, -0.05) is 22.0 Å². The van der Waals surface area contributed by atoms with Gasteiger partial charge in [0, 0.05) is 7.05 Å². The van der Waals surface area contributed by atoms with Gasteiger partial charge in [0.2, 0.25) is 0 Å². The number of rotatable bonds is 2. The molecule has 4 nitrogen and oxygen atoms in total. The van der Waals surface area contributed by atoms with E-state index in [1.165, 1.54) is 4.57 Å². The van der Waals surface area contributed by atoms with E-state index in [0.29, 0.717) is 5.58 Å². The van der Waals surface area contributed by atoms with Gasteiger partial charge >= 0.3 is 5.76 Å². The largest absolute Gasteiger partial charge is 0.419 e. The van der Waals surface area contributed by atoms with Crippen LogP contribution < -0.4 is 11.1 Å². The van der Waals surface area contributed by atoms with Crippen LogP contribution in [0.4, 0.5) is 0 Å². The third kappa shape index (κ3) is 1.72. The van der Waals surface area contributed by atoms with E-state index in [4.69, 9.17) is 4.42 Å². The zero-order valence-corrected chi connectivity index (χ0v) is 10.0. The first-order valence-electron chi connectivity index (χ1n) is 4.54. The van der Waals surface area contributed by atoms with Crippen molar-refractivity contribution in [1.29, 1.82) is 0 Å². The van der Waals surface area contributed by atoms with Crippen molar-refractivity contribution in [2.24, 2.45) is 7.05 Å². The summed E-state index contributed by atoms with van der Waals surface area (Å²) in [6, 6.07) is 5.65. The molecule has 1 aromatic carbocycles. The molecule has 0 saturated heterocycles. The molecule has 2 aromatic rings. The van der Waals surface area contributed by atoms with Crippen LogP contribution in [0.3, 0.4) is 0 Å². The van der Waals surface area contributed by atoms with Crippen LogP contribution in [0.15, 0.2) is 27.4 Å². The Morgan fingerprint density at radius 1 is 1.53 bits per heavy atom. The molecular formula is C10H11BrN2O2. The van der Waals surface area contributed by atoms with E-state index < -0.39 is 0 Å². The quantitative estimate of drug-likeness (QED) is 0.668. The minimum Gasteiger partial charge on any atom is -0.408 e. The van der Waals surface area contributed by atoms with E-state index in [-0.39, 0.29) is 10.7 Å². The molecule has 0 saturated carbocycles. The van der Waals surface area contributed by atoms with Crippen LogP contribution >= 0.6 is 15.9 Å². The lowest BCUT2D eigenvalue weighted by molar-refractivity contribution is 0.528. The molecule has 1 atom stereocenters. The van der Waals surface area contributed by atoms with Crippen molar-refractivity contribution in [3.8, 4) is 0 Å². The molecule has 80 valence electrons. The molecule has 2 rings (SSSR count). The predicted octanol–water partition coefficient (Wildman–Crippen LogP) is 1.74. The molecule has 0 aliphatic carbocycles. The van der Waals surface area contributed by atoms with Gasteiger partial charge in [0.05, 0.1) is 10.5 Å². The normalized spacial score (nSPS) is 13.3. The maximum Gasteiger partial charge on any atom is 0.419 e. The molecular weight excluding hydrogens is 260 g/mol. The average molecular weight is 271 g/mol. The molecule has 1 heterocycles. The van der Waals surface area contributed by atoms with Crippen LogP contribution in [0.2, 0.25) is 0 Å². The highest BCUT2D eigenvalue weighted by molar-refractivity contribution is 9.09. The molecule has 0 bridgehead atoms. The van der Waals surface area contributed by atoms with Crippen molar-refractivity contribution in [3.05, 3.63) is 34.3 Å². The van der Waals surface area contributed by atoms with Gasteiger partial charge in [-0.05, 0) is 24.7 Å². The summed E-state index contributed by atoms with van der Waals surface area (Å²) in [4.78, 5) is 11.3. The highest BCUT2D eigenvalue weighted by atomic mass is 79.9. The summed E-state index contributed by atoms with van der Waals surface area (Å²) in [5, 5.41) is 3.07. The summed E-state index contributed by atoms with van der Waals surface area (Å²) >= 11 is 3.47. The van der Waals surface area contributed by atoms with Gasteiger partial charge in [0.25, 0.3) is 0 Å². The van der Waals surface area contributed by atoms with E-state index in [0.717, 1.165) is 11.1 Å². The Morgan fingerprint density at radius 2 is 2.27 bits per heavy atom. The number of hydrogen-bond donors (Lipinski definition) is 1. The Bertz CT molecular complexity index is 544. The maximum atomic E-state index is 11.3. The predicted molar refractivity (Wildman–Crippen MR) is 62.2 cm³/mol. The molecule has 0 fully saturated rings. The summed E-state index contributed by atoms with van der Waals surface area (Å²) in [6.45, 7) is 0. The highest BCUT2D eigenvalue weighted by Gasteiger charge is 2.09. The van der Waals surface area contributed by atoms with Gasteiger partial charge in [0.1, 0.15) is 0 Å². The van der Waals surface area contributed by atoms with E-state index in [9.17, 15) is 4.79 Å². The monoisotopic (exact) mass is 270 g/mol. The average Bonchev–Trinajstić information content (AvgIpc) is 2.54. The Balaban J connectivity index is 2.64. The van der Waals surface area contributed by atoms with Gasteiger partial charge in [-0.25, -0.2) is 4.79 Å². The first-order valence-corrected chi connectivity index (χ1v) is 5.46. The number of halogens is 1. The number of nitrogens with one attached hydrogen (secondary N) is 1. The van der Waals surface area contributed by atoms with E-state index in [1.54, 1.807) is 13.1 Å². The van der Waals surface area contributed by atoms with E-state index >= 15 is 0 Å². The van der Waals surface area contributed by atoms with Gasteiger partial charge in [0.15, 0.2) is 5.58 Å². The van der Waals surface area contributed by atoms with Crippen molar-refractivity contribution in [2.75, 3.05) is 7.05 Å². The molecule has 0 amide bonds. The van der Waals surface area contributed by atoms with Crippen LogP contribution in [-0.4, -0.2) is 11.6 Å².